The number of hydrogen-bond acceptors (Lipinski definition) is 4. The van der Waals surface area contributed by atoms with Gasteiger partial charge in [0, 0.05) is 64.4 Å². The molecule has 0 bridgehead atoms. The summed E-state index contributed by atoms with van der Waals surface area (Å²) in [6.45, 7) is 2.00. The number of nitrogens with one attached hydrogen (secondary N) is 2. The largest absolute Gasteiger partial charge is 0.361 e. The van der Waals surface area contributed by atoms with E-state index in [2.05, 4.69) is 9.97 Å². The molecule has 0 radical (unpaired) electrons. The molecule has 0 aliphatic carbocycles. The highest BCUT2D eigenvalue weighted by Gasteiger charge is 2.25. The van der Waals surface area contributed by atoms with E-state index < -0.39 is 9.85 Å². The summed E-state index contributed by atoms with van der Waals surface area (Å²) in [5.41, 5.74) is 5.40. The molecule has 0 saturated carbocycles. The molecule has 3 aromatic carbocycles. The molecule has 0 unspecified atom stereocenters. The normalized spacial score (nSPS) is 11.4. The third-order valence-electron chi connectivity index (χ3n) is 5.85. The van der Waals surface area contributed by atoms with Crippen LogP contribution in [0.25, 0.3) is 21.8 Å². The van der Waals surface area contributed by atoms with Crippen LogP contribution in [-0.2, 0) is 0 Å². The average molecular weight is 426 g/mol. The average Bonchev–Trinajstić information content (AvgIpc) is 3.39. The maximum absolute atomic E-state index is 11.4. The second-order valence-electron chi connectivity index (χ2n) is 7.81. The van der Waals surface area contributed by atoms with E-state index in [-0.39, 0.29) is 17.3 Å². The molecule has 2 heterocycles. The molecule has 5 aromatic rings. The number of fused-ring (bicyclic) bond motifs is 2. The zero-order valence-electron chi connectivity index (χ0n) is 17.0. The second kappa shape index (κ2) is 7.35. The summed E-state index contributed by atoms with van der Waals surface area (Å²) in [5, 5.41) is 24.3. The second-order valence-corrected chi connectivity index (χ2v) is 7.81. The molecule has 0 aliphatic rings. The van der Waals surface area contributed by atoms with Crippen LogP contribution in [0.1, 0.15) is 28.2 Å². The number of rotatable bonds is 5. The Balaban J connectivity index is 1.79. The van der Waals surface area contributed by atoms with Crippen molar-refractivity contribution in [1.29, 1.82) is 0 Å². The van der Waals surface area contributed by atoms with Gasteiger partial charge in [-0.2, -0.15) is 0 Å². The fourth-order valence-electron chi connectivity index (χ4n) is 4.25. The summed E-state index contributed by atoms with van der Waals surface area (Å²) in [6.07, 6.45) is 3.71. The monoisotopic (exact) mass is 426 g/mol. The van der Waals surface area contributed by atoms with Gasteiger partial charge in [-0.25, -0.2) is 0 Å². The van der Waals surface area contributed by atoms with E-state index in [1.165, 1.54) is 12.1 Å². The van der Waals surface area contributed by atoms with Gasteiger partial charge < -0.3 is 9.97 Å². The van der Waals surface area contributed by atoms with Gasteiger partial charge >= 0.3 is 0 Å². The van der Waals surface area contributed by atoms with Gasteiger partial charge in [-0.3, -0.25) is 20.2 Å². The van der Waals surface area contributed by atoms with Crippen LogP contribution in [-0.4, -0.2) is 19.8 Å². The van der Waals surface area contributed by atoms with Crippen LogP contribution in [0.4, 0.5) is 11.4 Å². The molecule has 5 rings (SSSR count). The van der Waals surface area contributed by atoms with Crippen molar-refractivity contribution in [2.75, 3.05) is 0 Å². The van der Waals surface area contributed by atoms with Crippen LogP contribution >= 0.6 is 0 Å². The maximum Gasteiger partial charge on any atom is 0.270 e. The summed E-state index contributed by atoms with van der Waals surface area (Å²) < 4.78 is 0. The van der Waals surface area contributed by atoms with Crippen molar-refractivity contribution in [2.45, 2.75) is 12.8 Å². The van der Waals surface area contributed by atoms with E-state index in [0.717, 1.165) is 44.1 Å². The van der Waals surface area contributed by atoms with Gasteiger partial charge in [-0.1, -0.05) is 29.8 Å². The fraction of sp³-hybridized carbons (Fsp3) is 0.0833. The first-order chi connectivity index (χ1) is 15.4. The zero-order chi connectivity index (χ0) is 22.4. The van der Waals surface area contributed by atoms with Crippen molar-refractivity contribution in [3.8, 4) is 0 Å². The number of H-pyrrole nitrogens is 2. The first kappa shape index (κ1) is 19.5. The third kappa shape index (κ3) is 3.18. The number of nitro groups is 2. The summed E-state index contributed by atoms with van der Waals surface area (Å²) in [4.78, 5) is 28.4. The van der Waals surface area contributed by atoms with E-state index in [9.17, 15) is 20.2 Å². The molecular formula is C24H18N4O4. The number of aromatic nitrogens is 2. The van der Waals surface area contributed by atoms with E-state index in [4.69, 9.17) is 0 Å². The van der Waals surface area contributed by atoms with Crippen molar-refractivity contribution in [1.82, 2.24) is 9.97 Å². The lowest BCUT2D eigenvalue weighted by molar-refractivity contribution is -0.384. The van der Waals surface area contributed by atoms with Crippen LogP contribution in [0.15, 0.2) is 73.1 Å². The lowest BCUT2D eigenvalue weighted by atomic mass is 9.84. The predicted octanol–water partition coefficient (Wildman–Crippen LogP) is 5.95. The van der Waals surface area contributed by atoms with E-state index in [1.807, 2.05) is 43.6 Å². The van der Waals surface area contributed by atoms with E-state index in [1.54, 1.807) is 24.3 Å². The van der Waals surface area contributed by atoms with Crippen molar-refractivity contribution >= 4 is 33.2 Å². The molecule has 0 aliphatic heterocycles. The van der Waals surface area contributed by atoms with Gasteiger partial charge in [0.1, 0.15) is 0 Å². The third-order valence-corrected chi connectivity index (χ3v) is 5.85. The zero-order valence-corrected chi connectivity index (χ0v) is 17.0. The molecule has 158 valence electrons. The lowest BCUT2D eigenvalue weighted by Gasteiger charge is -2.17. The first-order valence-electron chi connectivity index (χ1n) is 10.00. The minimum Gasteiger partial charge on any atom is -0.361 e. The first-order valence-corrected chi connectivity index (χ1v) is 10.00. The molecular weight excluding hydrogens is 408 g/mol. The lowest BCUT2D eigenvalue weighted by Crippen LogP contribution is -2.03. The Morgan fingerprint density at radius 3 is 1.62 bits per heavy atom. The summed E-state index contributed by atoms with van der Waals surface area (Å²) in [7, 11) is 0. The summed E-state index contributed by atoms with van der Waals surface area (Å²) in [6, 6.07) is 17.5. The van der Waals surface area contributed by atoms with Gasteiger partial charge in [-0.15, -0.1) is 0 Å². The molecule has 0 atom stereocenters. The smallest absolute Gasteiger partial charge is 0.270 e. The Kier molecular flexibility index (Phi) is 4.48. The van der Waals surface area contributed by atoms with E-state index >= 15 is 0 Å². The van der Waals surface area contributed by atoms with Crippen molar-refractivity contribution in [2.24, 2.45) is 0 Å². The molecule has 32 heavy (non-hydrogen) atoms. The highest BCUT2D eigenvalue weighted by Crippen LogP contribution is 2.40. The predicted molar refractivity (Wildman–Crippen MR) is 122 cm³/mol. The van der Waals surface area contributed by atoms with E-state index in [0.29, 0.717) is 0 Å². The molecule has 8 nitrogen and oxygen atoms in total. The van der Waals surface area contributed by atoms with Gasteiger partial charge in [0.05, 0.1) is 9.85 Å². The number of nitrogens with zero attached hydrogens (tertiary/aromatic N) is 2. The Morgan fingerprint density at radius 1 is 0.719 bits per heavy atom. The summed E-state index contributed by atoms with van der Waals surface area (Å²) in [5.74, 6) is -0.290. The van der Waals surface area contributed by atoms with Crippen LogP contribution < -0.4 is 0 Å². The van der Waals surface area contributed by atoms with Crippen LogP contribution in [0.2, 0.25) is 0 Å². The molecule has 2 N–H and O–H groups in total. The highest BCUT2D eigenvalue weighted by molar-refractivity contribution is 5.91. The molecule has 0 saturated heterocycles. The van der Waals surface area contributed by atoms with Gasteiger partial charge in [0.25, 0.3) is 11.4 Å². The van der Waals surface area contributed by atoms with Gasteiger partial charge in [0.2, 0.25) is 0 Å². The van der Waals surface area contributed by atoms with Crippen LogP contribution in [0.3, 0.4) is 0 Å². The number of aromatic amines is 2. The Morgan fingerprint density at radius 2 is 1.19 bits per heavy atom. The summed E-state index contributed by atoms with van der Waals surface area (Å²) >= 11 is 0. The van der Waals surface area contributed by atoms with Crippen molar-refractivity contribution < 1.29 is 9.85 Å². The van der Waals surface area contributed by atoms with Crippen molar-refractivity contribution in [3.05, 3.63) is 116 Å². The number of benzene rings is 3. The van der Waals surface area contributed by atoms with Gasteiger partial charge in [-0.05, 0) is 35.7 Å². The highest BCUT2D eigenvalue weighted by atomic mass is 16.6. The topological polar surface area (TPSA) is 118 Å². The molecule has 8 heteroatoms. The standard InChI is InChI=1S/C24H18N4O4/c1-14-2-4-15(5-3-14)24(20-12-25-22-8-6-16(27(29)30)10-18(20)22)21-13-26-23-9-7-17(28(31)32)11-19(21)23/h2-13,24-26H,1H3. The molecule has 2 aromatic heterocycles. The molecule has 0 amide bonds. The van der Waals surface area contributed by atoms with Crippen LogP contribution in [0.5, 0.6) is 0 Å². The minimum atomic E-state index is -0.411. The Hall–Kier alpha value is -4.46. The Labute approximate surface area is 181 Å². The van der Waals surface area contributed by atoms with Gasteiger partial charge in [0.15, 0.2) is 0 Å². The quantitative estimate of drug-likeness (QED) is 0.266. The number of aryl methyl sites for hydroxylation is 1. The van der Waals surface area contributed by atoms with Crippen LogP contribution in [0, 0.1) is 27.2 Å². The minimum absolute atomic E-state index is 0.00979. The number of hydrogen-bond donors (Lipinski definition) is 2. The fourth-order valence-corrected chi connectivity index (χ4v) is 4.25. The van der Waals surface area contributed by atoms with Crippen molar-refractivity contribution in [3.63, 3.8) is 0 Å². The molecule has 0 spiro atoms. The SMILES string of the molecule is Cc1ccc(C(c2c[nH]c3ccc([N+](=O)[O-])cc23)c2c[nH]c3ccc([N+](=O)[O-])cc23)cc1. The number of nitro benzene ring substituents is 2. The Bertz CT molecular complexity index is 1410. The molecule has 0 fully saturated rings. The maximum atomic E-state index is 11.4. The number of non-ortho nitro benzene ring substituents is 2.